The minimum Gasteiger partial charge on any atom is -0.348 e. The maximum absolute atomic E-state index is 13.1. The fourth-order valence-electron chi connectivity index (χ4n) is 3.96. The molecule has 3 heterocycles. The highest BCUT2D eigenvalue weighted by atomic mass is 32.1. The molecular weight excluding hydrogens is 414 g/mol. The van der Waals surface area contributed by atoms with E-state index in [1.54, 1.807) is 0 Å². The van der Waals surface area contributed by atoms with Crippen LogP contribution in [0.15, 0.2) is 33.9 Å². The number of hydrogen-bond donors (Lipinski definition) is 1. The van der Waals surface area contributed by atoms with Crippen molar-refractivity contribution < 1.29 is 4.79 Å². The van der Waals surface area contributed by atoms with Gasteiger partial charge in [0, 0.05) is 25.3 Å². The van der Waals surface area contributed by atoms with Crippen LogP contribution in [0.5, 0.6) is 0 Å². The lowest BCUT2D eigenvalue weighted by Crippen LogP contribution is -2.41. The molecule has 2 aromatic heterocycles. The Morgan fingerprint density at radius 2 is 1.87 bits per heavy atom. The summed E-state index contributed by atoms with van der Waals surface area (Å²) < 4.78 is 2.99. The maximum atomic E-state index is 13.1. The molecule has 1 amide bonds. The molecule has 0 saturated carbocycles. The molecule has 1 aliphatic heterocycles. The van der Waals surface area contributed by atoms with Crippen LogP contribution in [0.1, 0.15) is 38.7 Å². The highest BCUT2D eigenvalue weighted by Gasteiger charge is 2.23. The number of para-hydroxylation sites is 1. The molecule has 1 aromatic carbocycles. The molecule has 0 atom stereocenters. The van der Waals surface area contributed by atoms with Gasteiger partial charge in [-0.2, -0.15) is 0 Å². The average molecular weight is 442 g/mol. The molecule has 31 heavy (non-hydrogen) atoms. The van der Waals surface area contributed by atoms with E-state index >= 15 is 0 Å². The Kier molecular flexibility index (Phi) is 6.22. The third-order valence-corrected chi connectivity index (χ3v) is 6.65. The molecule has 4 rings (SSSR count). The van der Waals surface area contributed by atoms with Crippen LogP contribution in [0.2, 0.25) is 0 Å². The molecule has 1 fully saturated rings. The molecule has 1 saturated heterocycles. The minimum absolute atomic E-state index is 0.194. The lowest BCUT2D eigenvalue weighted by Gasteiger charge is -2.13. The topological polar surface area (TPSA) is 89.2 Å². The van der Waals surface area contributed by atoms with E-state index in [2.05, 4.69) is 15.2 Å². The molecule has 0 unspecified atom stereocenters. The smallest absolute Gasteiger partial charge is 0.333 e. The number of thiazole rings is 1. The van der Waals surface area contributed by atoms with E-state index in [1.165, 1.54) is 20.5 Å². The van der Waals surface area contributed by atoms with Gasteiger partial charge in [-0.3, -0.25) is 18.7 Å². The third kappa shape index (κ3) is 4.14. The Balaban J connectivity index is 1.75. The lowest BCUT2D eigenvalue weighted by atomic mass is 10.1. The van der Waals surface area contributed by atoms with Gasteiger partial charge in [0.25, 0.3) is 5.56 Å². The molecule has 3 aromatic rings. The van der Waals surface area contributed by atoms with Crippen molar-refractivity contribution in [2.24, 2.45) is 0 Å². The molecule has 1 N–H and O–H groups in total. The zero-order chi connectivity index (χ0) is 22.0. The van der Waals surface area contributed by atoms with Crippen LogP contribution in [0.25, 0.3) is 10.3 Å². The van der Waals surface area contributed by atoms with Crippen LogP contribution >= 0.6 is 11.3 Å². The summed E-state index contributed by atoms with van der Waals surface area (Å²) in [5.74, 6) is -0.318. The van der Waals surface area contributed by atoms with Gasteiger partial charge in [0.05, 0.1) is 0 Å². The highest BCUT2D eigenvalue weighted by Crippen LogP contribution is 2.28. The van der Waals surface area contributed by atoms with Crippen LogP contribution in [-0.2, 0) is 24.3 Å². The van der Waals surface area contributed by atoms with Crippen molar-refractivity contribution in [2.75, 3.05) is 23.3 Å². The fourth-order valence-corrected chi connectivity index (χ4v) is 5.03. The number of nitrogens with one attached hydrogen (secondary N) is 1. The van der Waals surface area contributed by atoms with Crippen molar-refractivity contribution in [1.29, 1.82) is 0 Å². The standard InChI is InChI=1S/C22H27N5O3S/c1-3-11-26-20(29)18-19(24-21(31-18)25-12-7-8-13-25)27(22(26)30)14-17(28)23-16-10-6-5-9-15(16)4-2/h5-6,9-10H,3-4,7-8,11-14H2,1-2H3,(H,23,28). The molecule has 0 bridgehead atoms. The number of hydrogen-bond acceptors (Lipinski definition) is 6. The van der Waals surface area contributed by atoms with Gasteiger partial charge in [-0.15, -0.1) is 0 Å². The van der Waals surface area contributed by atoms with Crippen LogP contribution in [0.3, 0.4) is 0 Å². The number of nitrogens with zero attached hydrogens (tertiary/aromatic N) is 4. The van der Waals surface area contributed by atoms with Gasteiger partial charge < -0.3 is 10.2 Å². The predicted octanol–water partition coefficient (Wildman–Crippen LogP) is 2.83. The highest BCUT2D eigenvalue weighted by molar-refractivity contribution is 7.22. The Bertz CT molecular complexity index is 1220. The number of carbonyl (C=O) groups excluding carboxylic acids is 1. The fraction of sp³-hybridized carbons (Fsp3) is 0.455. The first-order valence-electron chi connectivity index (χ1n) is 10.8. The van der Waals surface area contributed by atoms with Gasteiger partial charge in [0.2, 0.25) is 5.91 Å². The number of rotatable bonds is 7. The molecular formula is C22H27N5O3S. The summed E-state index contributed by atoms with van der Waals surface area (Å²) in [4.78, 5) is 45.7. The second-order valence-corrected chi connectivity index (χ2v) is 8.71. The number of benzene rings is 1. The SMILES string of the molecule is CCCn1c(=O)c2sc(N3CCCC3)nc2n(CC(=O)Nc2ccccc2CC)c1=O. The van der Waals surface area contributed by atoms with E-state index in [0.29, 0.717) is 23.3 Å². The van der Waals surface area contributed by atoms with Crippen molar-refractivity contribution in [3.8, 4) is 0 Å². The number of fused-ring (bicyclic) bond motifs is 1. The average Bonchev–Trinajstić information content (AvgIpc) is 3.44. The normalized spacial score (nSPS) is 13.8. The monoisotopic (exact) mass is 441 g/mol. The van der Waals surface area contributed by atoms with Crippen molar-refractivity contribution in [3.63, 3.8) is 0 Å². The number of carbonyl (C=O) groups is 1. The first-order chi connectivity index (χ1) is 15.0. The second-order valence-electron chi connectivity index (χ2n) is 7.73. The summed E-state index contributed by atoms with van der Waals surface area (Å²) in [7, 11) is 0. The van der Waals surface area contributed by atoms with Crippen LogP contribution in [-0.4, -0.2) is 33.1 Å². The van der Waals surface area contributed by atoms with E-state index in [1.807, 2.05) is 38.1 Å². The molecule has 164 valence electrons. The first kappa shape index (κ1) is 21.3. The van der Waals surface area contributed by atoms with Gasteiger partial charge in [0.1, 0.15) is 11.2 Å². The van der Waals surface area contributed by atoms with Gasteiger partial charge in [-0.1, -0.05) is 43.4 Å². The second kappa shape index (κ2) is 9.05. The molecule has 1 aliphatic rings. The largest absolute Gasteiger partial charge is 0.348 e. The molecule has 0 spiro atoms. The van der Waals surface area contributed by atoms with E-state index in [4.69, 9.17) is 0 Å². The predicted molar refractivity (Wildman–Crippen MR) is 124 cm³/mol. The van der Waals surface area contributed by atoms with E-state index < -0.39 is 5.69 Å². The Labute approximate surface area is 184 Å². The van der Waals surface area contributed by atoms with Crippen LogP contribution < -0.4 is 21.5 Å². The Morgan fingerprint density at radius 1 is 1.13 bits per heavy atom. The van der Waals surface area contributed by atoms with Crippen molar-refractivity contribution >= 4 is 38.4 Å². The van der Waals surface area contributed by atoms with Gasteiger partial charge in [0.15, 0.2) is 10.8 Å². The van der Waals surface area contributed by atoms with Crippen molar-refractivity contribution in [1.82, 2.24) is 14.1 Å². The summed E-state index contributed by atoms with van der Waals surface area (Å²) in [6.07, 6.45) is 3.60. The molecule has 0 radical (unpaired) electrons. The summed E-state index contributed by atoms with van der Waals surface area (Å²) in [5.41, 5.74) is 1.24. The van der Waals surface area contributed by atoms with Crippen molar-refractivity contribution in [2.45, 2.75) is 52.6 Å². The van der Waals surface area contributed by atoms with Crippen LogP contribution in [0, 0.1) is 0 Å². The Hall–Kier alpha value is -2.94. The number of amides is 1. The minimum atomic E-state index is -0.489. The summed E-state index contributed by atoms with van der Waals surface area (Å²) in [6.45, 7) is 5.83. The Morgan fingerprint density at radius 3 is 2.58 bits per heavy atom. The first-order valence-corrected chi connectivity index (χ1v) is 11.6. The summed E-state index contributed by atoms with van der Waals surface area (Å²) >= 11 is 1.31. The zero-order valence-corrected chi connectivity index (χ0v) is 18.7. The molecule has 9 heteroatoms. The number of aryl methyl sites for hydroxylation is 1. The summed E-state index contributed by atoms with van der Waals surface area (Å²) in [6, 6.07) is 7.60. The van der Waals surface area contributed by atoms with Crippen LogP contribution in [0.4, 0.5) is 10.8 Å². The third-order valence-electron chi connectivity index (χ3n) is 5.55. The quantitative estimate of drug-likeness (QED) is 0.609. The summed E-state index contributed by atoms with van der Waals surface area (Å²) in [5, 5.41) is 3.65. The van der Waals surface area contributed by atoms with Gasteiger partial charge in [-0.05, 0) is 37.3 Å². The van der Waals surface area contributed by atoms with Gasteiger partial charge in [-0.25, -0.2) is 9.78 Å². The number of aromatic nitrogens is 3. The van der Waals surface area contributed by atoms with Gasteiger partial charge >= 0.3 is 5.69 Å². The number of anilines is 2. The molecule has 0 aliphatic carbocycles. The lowest BCUT2D eigenvalue weighted by molar-refractivity contribution is -0.116. The zero-order valence-electron chi connectivity index (χ0n) is 17.9. The molecule has 8 nitrogen and oxygen atoms in total. The van der Waals surface area contributed by atoms with Crippen molar-refractivity contribution in [3.05, 3.63) is 50.7 Å². The van der Waals surface area contributed by atoms with E-state index in [9.17, 15) is 14.4 Å². The van der Waals surface area contributed by atoms with E-state index in [-0.39, 0.29) is 18.0 Å². The van der Waals surface area contributed by atoms with E-state index in [0.717, 1.165) is 48.7 Å². The maximum Gasteiger partial charge on any atom is 0.333 e.